The van der Waals surface area contributed by atoms with E-state index in [1.165, 1.54) is 0 Å². The molecular formula is C12H13N7. The lowest BCUT2D eigenvalue weighted by atomic mass is 10.4. The molecule has 3 heterocycles. The minimum absolute atomic E-state index is 0.635. The molecule has 3 aromatic heterocycles. The average Bonchev–Trinajstić information content (AvgIpc) is 2.84. The summed E-state index contributed by atoms with van der Waals surface area (Å²) in [6.07, 6.45) is 6.70. The van der Waals surface area contributed by atoms with Crippen LogP contribution < -0.4 is 11.1 Å². The highest BCUT2D eigenvalue weighted by atomic mass is 15.3. The summed E-state index contributed by atoms with van der Waals surface area (Å²) in [5.74, 6) is 0.771. The standard InChI is InChI=1S/C12H13N7/c13-9-7-17-19(8-9)6-5-15-11-2-1-10-12(18-11)16-4-3-14-10/h1-4,7-8H,5-6,13H2,(H,15,16,18). The van der Waals surface area contributed by atoms with E-state index in [1.807, 2.05) is 12.1 Å². The maximum Gasteiger partial charge on any atom is 0.180 e. The van der Waals surface area contributed by atoms with Crippen LogP contribution in [0.25, 0.3) is 11.2 Å². The monoisotopic (exact) mass is 255 g/mol. The Kier molecular flexibility index (Phi) is 2.93. The molecule has 0 amide bonds. The number of fused-ring (bicyclic) bond motifs is 1. The molecule has 0 unspecified atom stereocenters. The maximum absolute atomic E-state index is 5.59. The number of nitrogens with one attached hydrogen (secondary N) is 1. The van der Waals surface area contributed by atoms with Gasteiger partial charge in [-0.15, -0.1) is 0 Å². The van der Waals surface area contributed by atoms with E-state index < -0.39 is 0 Å². The summed E-state index contributed by atoms with van der Waals surface area (Å²) in [5, 5.41) is 7.32. The zero-order chi connectivity index (χ0) is 13.1. The number of pyridine rings is 1. The van der Waals surface area contributed by atoms with Crippen molar-refractivity contribution in [2.24, 2.45) is 0 Å². The van der Waals surface area contributed by atoms with Crippen molar-refractivity contribution in [1.82, 2.24) is 24.7 Å². The molecule has 0 aromatic carbocycles. The molecule has 0 aliphatic carbocycles. The average molecular weight is 255 g/mol. The minimum atomic E-state index is 0.635. The first-order valence-electron chi connectivity index (χ1n) is 5.91. The zero-order valence-electron chi connectivity index (χ0n) is 10.2. The summed E-state index contributed by atoms with van der Waals surface area (Å²) < 4.78 is 1.78. The second-order valence-electron chi connectivity index (χ2n) is 4.06. The van der Waals surface area contributed by atoms with Crippen LogP contribution in [0.4, 0.5) is 11.5 Å². The molecule has 0 aliphatic heterocycles. The summed E-state index contributed by atoms with van der Waals surface area (Å²) >= 11 is 0. The Morgan fingerprint density at radius 1 is 1.21 bits per heavy atom. The molecule has 0 radical (unpaired) electrons. The van der Waals surface area contributed by atoms with Gasteiger partial charge in [0.25, 0.3) is 0 Å². The topological polar surface area (TPSA) is 94.5 Å². The number of nitrogens with two attached hydrogens (primary N) is 1. The summed E-state index contributed by atoms with van der Waals surface area (Å²) in [5.41, 5.74) is 7.68. The van der Waals surface area contributed by atoms with E-state index in [1.54, 1.807) is 29.5 Å². The number of aromatic nitrogens is 5. The number of hydrogen-bond donors (Lipinski definition) is 2. The summed E-state index contributed by atoms with van der Waals surface area (Å²) in [6, 6.07) is 3.78. The minimum Gasteiger partial charge on any atom is -0.396 e. The van der Waals surface area contributed by atoms with Gasteiger partial charge in [0.05, 0.1) is 18.4 Å². The van der Waals surface area contributed by atoms with Crippen LogP contribution in [0, 0.1) is 0 Å². The van der Waals surface area contributed by atoms with Crippen LogP contribution in [0.3, 0.4) is 0 Å². The van der Waals surface area contributed by atoms with Crippen molar-refractivity contribution in [2.45, 2.75) is 6.54 Å². The number of hydrogen-bond acceptors (Lipinski definition) is 6. The van der Waals surface area contributed by atoms with E-state index in [2.05, 4.69) is 25.4 Å². The van der Waals surface area contributed by atoms with Crippen molar-refractivity contribution in [2.75, 3.05) is 17.6 Å². The Bertz CT molecular complexity index is 691. The zero-order valence-corrected chi connectivity index (χ0v) is 10.2. The summed E-state index contributed by atoms with van der Waals surface area (Å²) in [4.78, 5) is 12.7. The van der Waals surface area contributed by atoms with E-state index in [9.17, 15) is 0 Å². The molecule has 3 N–H and O–H groups in total. The van der Waals surface area contributed by atoms with Crippen molar-refractivity contribution in [3.05, 3.63) is 36.9 Å². The van der Waals surface area contributed by atoms with Gasteiger partial charge in [-0.3, -0.25) is 9.67 Å². The lowest BCUT2D eigenvalue weighted by Gasteiger charge is -2.06. The predicted octanol–water partition coefficient (Wildman–Crippen LogP) is 0.916. The molecule has 7 heteroatoms. The van der Waals surface area contributed by atoms with Crippen LogP contribution in [-0.4, -0.2) is 31.3 Å². The van der Waals surface area contributed by atoms with Gasteiger partial charge in [0.2, 0.25) is 0 Å². The molecule has 96 valence electrons. The lowest BCUT2D eigenvalue weighted by Crippen LogP contribution is -2.11. The highest BCUT2D eigenvalue weighted by Gasteiger charge is 1.99. The van der Waals surface area contributed by atoms with Gasteiger partial charge >= 0.3 is 0 Å². The van der Waals surface area contributed by atoms with Crippen LogP contribution in [-0.2, 0) is 6.54 Å². The Hall–Kier alpha value is -2.70. The van der Waals surface area contributed by atoms with Crippen LogP contribution in [0.2, 0.25) is 0 Å². The molecule has 0 atom stereocenters. The van der Waals surface area contributed by atoms with Crippen LogP contribution >= 0.6 is 0 Å². The molecule has 0 spiro atoms. The first kappa shape index (κ1) is 11.4. The van der Waals surface area contributed by atoms with Crippen LogP contribution in [0.15, 0.2) is 36.9 Å². The second kappa shape index (κ2) is 4.89. The number of nitrogens with zero attached hydrogens (tertiary/aromatic N) is 5. The lowest BCUT2D eigenvalue weighted by molar-refractivity contribution is 0.637. The Morgan fingerprint density at radius 2 is 2.11 bits per heavy atom. The molecule has 0 saturated carbocycles. The maximum atomic E-state index is 5.59. The predicted molar refractivity (Wildman–Crippen MR) is 72.5 cm³/mol. The Morgan fingerprint density at radius 3 is 2.95 bits per heavy atom. The number of rotatable bonds is 4. The van der Waals surface area contributed by atoms with E-state index in [0.717, 1.165) is 17.9 Å². The molecule has 3 rings (SSSR count). The highest BCUT2D eigenvalue weighted by molar-refractivity contribution is 5.71. The molecule has 0 bridgehead atoms. The molecule has 3 aromatic rings. The molecule has 0 fully saturated rings. The van der Waals surface area contributed by atoms with Gasteiger partial charge in [-0.1, -0.05) is 0 Å². The fourth-order valence-corrected chi connectivity index (χ4v) is 1.75. The Balaban J connectivity index is 1.65. The third-order valence-corrected chi connectivity index (χ3v) is 2.63. The molecule has 0 saturated heterocycles. The quantitative estimate of drug-likeness (QED) is 0.719. The third kappa shape index (κ3) is 2.59. The normalized spacial score (nSPS) is 10.7. The van der Waals surface area contributed by atoms with Crippen molar-refractivity contribution in [1.29, 1.82) is 0 Å². The molecule has 0 aliphatic rings. The van der Waals surface area contributed by atoms with Gasteiger partial charge in [0, 0.05) is 25.1 Å². The summed E-state index contributed by atoms with van der Waals surface area (Å²) in [6.45, 7) is 1.43. The van der Waals surface area contributed by atoms with Crippen molar-refractivity contribution < 1.29 is 0 Å². The Labute approximate surface area is 109 Å². The highest BCUT2D eigenvalue weighted by Crippen LogP contribution is 2.09. The van der Waals surface area contributed by atoms with Gasteiger partial charge in [-0.2, -0.15) is 5.10 Å². The molecule has 7 nitrogen and oxygen atoms in total. The van der Waals surface area contributed by atoms with Gasteiger partial charge in [0.1, 0.15) is 11.3 Å². The number of nitrogen functional groups attached to an aromatic ring is 1. The second-order valence-corrected chi connectivity index (χ2v) is 4.06. The van der Waals surface area contributed by atoms with Gasteiger partial charge in [0.15, 0.2) is 5.65 Å². The number of anilines is 2. The van der Waals surface area contributed by atoms with Crippen LogP contribution in [0.1, 0.15) is 0 Å². The van der Waals surface area contributed by atoms with E-state index >= 15 is 0 Å². The fraction of sp³-hybridized carbons (Fsp3) is 0.167. The van der Waals surface area contributed by atoms with E-state index in [4.69, 9.17) is 5.73 Å². The third-order valence-electron chi connectivity index (χ3n) is 2.63. The van der Waals surface area contributed by atoms with Crippen molar-refractivity contribution in [3.63, 3.8) is 0 Å². The fourth-order valence-electron chi connectivity index (χ4n) is 1.75. The largest absolute Gasteiger partial charge is 0.396 e. The molecule has 19 heavy (non-hydrogen) atoms. The van der Waals surface area contributed by atoms with Crippen molar-refractivity contribution in [3.8, 4) is 0 Å². The van der Waals surface area contributed by atoms with Crippen LogP contribution in [0.5, 0.6) is 0 Å². The van der Waals surface area contributed by atoms with E-state index in [0.29, 0.717) is 17.9 Å². The van der Waals surface area contributed by atoms with Gasteiger partial charge in [-0.25, -0.2) is 9.97 Å². The smallest absolute Gasteiger partial charge is 0.180 e. The van der Waals surface area contributed by atoms with E-state index in [-0.39, 0.29) is 0 Å². The first-order valence-corrected chi connectivity index (χ1v) is 5.91. The summed E-state index contributed by atoms with van der Waals surface area (Å²) in [7, 11) is 0. The SMILES string of the molecule is Nc1cnn(CCNc2ccc3nccnc3n2)c1. The van der Waals surface area contributed by atoms with Gasteiger partial charge < -0.3 is 11.1 Å². The molecular weight excluding hydrogens is 242 g/mol. The first-order chi connectivity index (χ1) is 9.31. The van der Waals surface area contributed by atoms with Gasteiger partial charge in [-0.05, 0) is 12.1 Å². The van der Waals surface area contributed by atoms with Crippen molar-refractivity contribution >= 4 is 22.7 Å².